The summed E-state index contributed by atoms with van der Waals surface area (Å²) in [5.74, 6) is 0.994. The molecule has 0 saturated heterocycles. The molecule has 0 atom stereocenters. The normalized spacial score (nSPS) is 11.3. The zero-order valence-corrected chi connectivity index (χ0v) is 12.5. The Morgan fingerprint density at radius 1 is 1.12 bits per heavy atom. The van der Waals surface area contributed by atoms with Gasteiger partial charge in [0.25, 0.3) is 0 Å². The molecule has 2 aromatic carbocycles. The molecule has 3 heteroatoms. The van der Waals surface area contributed by atoms with Crippen molar-refractivity contribution in [3.63, 3.8) is 0 Å². The number of hydrogen-bond acceptors (Lipinski definition) is 2. The largest absolute Gasteiger partial charge is 0.287 e. The second-order valence-electron chi connectivity index (χ2n) is 3.71. The summed E-state index contributed by atoms with van der Waals surface area (Å²) < 4.78 is 0. The smallest absolute Gasteiger partial charge is 0.0644 e. The van der Waals surface area contributed by atoms with Gasteiger partial charge < -0.3 is 0 Å². The van der Waals surface area contributed by atoms with Gasteiger partial charge in [-0.05, 0) is 23.3 Å². The zero-order chi connectivity index (χ0) is 11.4. The van der Waals surface area contributed by atoms with E-state index in [0.717, 1.165) is 10.8 Å². The summed E-state index contributed by atoms with van der Waals surface area (Å²) in [5, 5.41) is 3.75. The van der Waals surface area contributed by atoms with Crippen LogP contribution < -0.4 is 0 Å². The lowest BCUT2D eigenvalue weighted by Gasteiger charge is -2.03. The average molecular weight is 310 g/mol. The molecule has 0 N–H and O–H groups in total. The lowest BCUT2D eigenvalue weighted by atomic mass is 10.1. The first-order chi connectivity index (χ1) is 7.79. The number of rotatable bonds is 2. The highest BCUT2D eigenvalue weighted by molar-refractivity contribution is 8.93. The van der Waals surface area contributed by atoms with Crippen LogP contribution in [0.4, 0.5) is 0 Å². The van der Waals surface area contributed by atoms with Gasteiger partial charge in [0.15, 0.2) is 0 Å². The van der Waals surface area contributed by atoms with Crippen LogP contribution in [-0.2, 0) is 5.75 Å². The van der Waals surface area contributed by atoms with Crippen molar-refractivity contribution in [2.45, 2.75) is 12.7 Å². The van der Waals surface area contributed by atoms with E-state index in [2.05, 4.69) is 47.5 Å². The van der Waals surface area contributed by atoms with E-state index in [0.29, 0.717) is 0 Å². The van der Waals surface area contributed by atoms with E-state index < -0.39 is 0 Å². The van der Waals surface area contributed by atoms with Crippen LogP contribution in [0.15, 0.2) is 47.5 Å². The van der Waals surface area contributed by atoms with Crippen molar-refractivity contribution in [3.05, 3.63) is 48.0 Å². The molecule has 0 aromatic heterocycles. The highest BCUT2D eigenvalue weighted by atomic mass is 79.9. The summed E-state index contributed by atoms with van der Waals surface area (Å²) >= 11 is 1.79. The molecule has 0 heterocycles. The number of aliphatic imine (C=N–C) groups is 1. The molecule has 0 unspecified atom stereocenters. The minimum absolute atomic E-state index is 0. The van der Waals surface area contributed by atoms with Gasteiger partial charge in [0.05, 0.1) is 5.04 Å². The monoisotopic (exact) mass is 309 g/mol. The lowest BCUT2D eigenvalue weighted by molar-refractivity contribution is 1.43. The average Bonchev–Trinajstić information content (AvgIpc) is 2.35. The van der Waals surface area contributed by atoms with Gasteiger partial charge >= 0.3 is 0 Å². The van der Waals surface area contributed by atoms with E-state index in [4.69, 9.17) is 0 Å². The number of thioether (sulfide) groups is 1. The summed E-state index contributed by atoms with van der Waals surface area (Å²) in [6.07, 6.45) is 0. The van der Waals surface area contributed by atoms with Crippen molar-refractivity contribution in [2.24, 2.45) is 4.99 Å². The molecule has 0 bridgehead atoms. The first kappa shape index (κ1) is 14.3. The fourth-order valence-electron chi connectivity index (χ4n) is 1.58. The minimum atomic E-state index is 0. The summed E-state index contributed by atoms with van der Waals surface area (Å²) in [6.45, 7) is 2.05. The Morgan fingerprint density at radius 3 is 2.53 bits per heavy atom. The van der Waals surface area contributed by atoms with E-state index in [9.17, 15) is 0 Å². The Kier molecular flexibility index (Phi) is 5.72. The number of hydrogen-bond donors (Lipinski definition) is 0. The van der Waals surface area contributed by atoms with Crippen molar-refractivity contribution in [1.82, 2.24) is 0 Å². The maximum Gasteiger partial charge on any atom is 0.0644 e. The SMILES string of the molecule is Br.CN=C(C)SCc1ccc2ccccc2c1. The lowest BCUT2D eigenvalue weighted by Crippen LogP contribution is -1.86. The Hall–Kier alpha value is -0.800. The number of nitrogens with zero attached hydrogens (tertiary/aromatic N) is 1. The maximum atomic E-state index is 4.15. The van der Waals surface area contributed by atoms with Crippen LogP contribution in [-0.4, -0.2) is 12.1 Å². The molecule has 0 fully saturated rings. The van der Waals surface area contributed by atoms with Gasteiger partial charge in [0, 0.05) is 12.8 Å². The van der Waals surface area contributed by atoms with E-state index in [1.54, 1.807) is 11.8 Å². The fraction of sp³-hybridized carbons (Fsp3) is 0.214. The van der Waals surface area contributed by atoms with Crippen LogP contribution in [0.25, 0.3) is 10.8 Å². The highest BCUT2D eigenvalue weighted by Crippen LogP contribution is 2.19. The summed E-state index contributed by atoms with van der Waals surface area (Å²) in [5.41, 5.74) is 1.35. The fourth-order valence-corrected chi connectivity index (χ4v) is 2.27. The Morgan fingerprint density at radius 2 is 1.82 bits per heavy atom. The van der Waals surface area contributed by atoms with E-state index in [1.807, 2.05) is 14.0 Å². The van der Waals surface area contributed by atoms with Gasteiger partial charge in [0.2, 0.25) is 0 Å². The van der Waals surface area contributed by atoms with Crippen molar-refractivity contribution in [1.29, 1.82) is 0 Å². The predicted molar refractivity (Wildman–Crippen MR) is 84.6 cm³/mol. The van der Waals surface area contributed by atoms with E-state index in [1.165, 1.54) is 16.3 Å². The van der Waals surface area contributed by atoms with Crippen molar-refractivity contribution in [2.75, 3.05) is 7.05 Å². The Balaban J connectivity index is 0.00000144. The van der Waals surface area contributed by atoms with Crippen molar-refractivity contribution < 1.29 is 0 Å². The molecule has 0 aliphatic heterocycles. The number of fused-ring (bicyclic) bond motifs is 1. The summed E-state index contributed by atoms with van der Waals surface area (Å²) in [6, 6.07) is 15.1. The maximum absolute atomic E-state index is 4.15. The molecular formula is C14H16BrNS. The number of benzene rings is 2. The molecule has 2 rings (SSSR count). The van der Waals surface area contributed by atoms with Gasteiger partial charge in [0.1, 0.15) is 0 Å². The van der Waals surface area contributed by atoms with Crippen LogP contribution in [0.5, 0.6) is 0 Å². The Labute approximate surface area is 117 Å². The number of halogens is 1. The molecule has 0 aliphatic rings. The molecule has 0 amide bonds. The molecule has 0 spiro atoms. The molecule has 17 heavy (non-hydrogen) atoms. The van der Waals surface area contributed by atoms with Crippen molar-refractivity contribution >= 4 is 44.6 Å². The van der Waals surface area contributed by atoms with E-state index in [-0.39, 0.29) is 17.0 Å². The first-order valence-electron chi connectivity index (χ1n) is 5.33. The molecule has 0 radical (unpaired) electrons. The van der Waals surface area contributed by atoms with Gasteiger partial charge in [-0.15, -0.1) is 28.7 Å². The van der Waals surface area contributed by atoms with Crippen LogP contribution in [0.1, 0.15) is 12.5 Å². The molecule has 0 aliphatic carbocycles. The van der Waals surface area contributed by atoms with Crippen LogP contribution in [0.3, 0.4) is 0 Å². The molecular weight excluding hydrogens is 294 g/mol. The summed E-state index contributed by atoms with van der Waals surface area (Å²) in [4.78, 5) is 4.15. The third-order valence-corrected chi connectivity index (χ3v) is 3.65. The van der Waals surface area contributed by atoms with Crippen molar-refractivity contribution in [3.8, 4) is 0 Å². The Bertz CT molecular complexity index is 522. The third-order valence-electron chi connectivity index (χ3n) is 2.58. The third kappa shape index (κ3) is 3.86. The molecule has 0 saturated carbocycles. The van der Waals surface area contributed by atoms with Gasteiger partial charge in [-0.2, -0.15) is 0 Å². The zero-order valence-electron chi connectivity index (χ0n) is 10.0. The molecule has 1 nitrogen and oxygen atoms in total. The molecule has 2 aromatic rings. The van der Waals surface area contributed by atoms with E-state index >= 15 is 0 Å². The first-order valence-corrected chi connectivity index (χ1v) is 6.32. The summed E-state index contributed by atoms with van der Waals surface area (Å²) in [7, 11) is 1.84. The molecule has 90 valence electrons. The van der Waals surface area contributed by atoms with Gasteiger partial charge in [-0.25, -0.2) is 0 Å². The second kappa shape index (κ2) is 6.82. The minimum Gasteiger partial charge on any atom is -0.287 e. The van der Waals surface area contributed by atoms with Crippen LogP contribution in [0.2, 0.25) is 0 Å². The van der Waals surface area contributed by atoms with Gasteiger partial charge in [-0.1, -0.05) is 42.5 Å². The van der Waals surface area contributed by atoms with Crippen LogP contribution in [0, 0.1) is 0 Å². The predicted octanol–water partition coefficient (Wildman–Crippen LogP) is 4.70. The highest BCUT2D eigenvalue weighted by Gasteiger charge is 1.97. The topological polar surface area (TPSA) is 12.4 Å². The van der Waals surface area contributed by atoms with Gasteiger partial charge in [-0.3, -0.25) is 4.99 Å². The van der Waals surface area contributed by atoms with Crippen LogP contribution >= 0.6 is 28.7 Å². The quantitative estimate of drug-likeness (QED) is 0.578. The standard InChI is InChI=1S/C14H15NS.BrH/c1-11(15-2)16-10-12-7-8-13-5-3-4-6-14(13)9-12;/h3-9H,10H2,1-2H3;1H. The second-order valence-corrected chi connectivity index (χ2v) is 4.88.